The highest BCUT2D eigenvalue weighted by atomic mass is 35.5. The third kappa shape index (κ3) is 4.19. The molecule has 1 aliphatic heterocycles. The van der Waals surface area contributed by atoms with Crippen molar-refractivity contribution in [1.82, 2.24) is 4.90 Å². The van der Waals surface area contributed by atoms with Crippen molar-refractivity contribution in [2.75, 3.05) is 11.9 Å². The summed E-state index contributed by atoms with van der Waals surface area (Å²) in [7, 11) is 0. The second kappa shape index (κ2) is 7.58. The molecule has 0 bridgehead atoms. The smallest absolute Gasteiger partial charge is 0.233 e. The van der Waals surface area contributed by atoms with Crippen LogP contribution in [0.25, 0.3) is 0 Å². The molecule has 0 saturated carbocycles. The third-order valence-electron chi connectivity index (χ3n) is 3.93. The predicted molar refractivity (Wildman–Crippen MR) is 84.3 cm³/mol. The number of carbonyl (C=O) groups excluding carboxylic acids is 2. The van der Waals surface area contributed by atoms with E-state index in [9.17, 15) is 14.0 Å². The molecule has 1 saturated heterocycles. The second-order valence-corrected chi connectivity index (χ2v) is 5.91. The molecule has 2 rings (SSSR count). The first kappa shape index (κ1) is 16.7. The number of halogens is 2. The molecule has 4 nitrogen and oxygen atoms in total. The molecular weight excluding hydrogens is 307 g/mol. The molecule has 0 aromatic heterocycles. The highest BCUT2D eigenvalue weighted by Crippen LogP contribution is 2.21. The van der Waals surface area contributed by atoms with Crippen LogP contribution in [0.2, 0.25) is 5.02 Å². The number of nitrogens with zero attached hydrogens (tertiary/aromatic N) is 1. The fraction of sp³-hybridized carbons (Fsp3) is 0.500. The maximum absolute atomic E-state index is 13.1. The standard InChI is InChI=1S/C16H20ClFN2O2/c1-2-12-5-3-4-8-20(12)16(22)10-15(21)19-11-6-7-14(18)13(17)9-11/h6-7,9,12H,2-5,8,10H2,1H3,(H,19,21). The fourth-order valence-electron chi connectivity index (χ4n) is 2.77. The maximum Gasteiger partial charge on any atom is 0.233 e. The number of hydrogen-bond donors (Lipinski definition) is 1. The van der Waals surface area contributed by atoms with Crippen LogP contribution in [0.15, 0.2) is 18.2 Å². The predicted octanol–water partition coefficient (Wildman–Crippen LogP) is 3.60. The van der Waals surface area contributed by atoms with Crippen molar-refractivity contribution in [3.63, 3.8) is 0 Å². The minimum Gasteiger partial charge on any atom is -0.339 e. The summed E-state index contributed by atoms with van der Waals surface area (Å²) < 4.78 is 13.1. The average Bonchev–Trinajstić information content (AvgIpc) is 2.50. The first-order valence-corrected chi connectivity index (χ1v) is 7.93. The largest absolute Gasteiger partial charge is 0.339 e. The fourth-order valence-corrected chi connectivity index (χ4v) is 2.95. The summed E-state index contributed by atoms with van der Waals surface area (Å²) in [6, 6.07) is 4.15. The zero-order chi connectivity index (χ0) is 16.1. The van der Waals surface area contributed by atoms with Crippen molar-refractivity contribution in [2.24, 2.45) is 0 Å². The van der Waals surface area contributed by atoms with Crippen LogP contribution in [0.5, 0.6) is 0 Å². The van der Waals surface area contributed by atoms with Gasteiger partial charge in [-0.3, -0.25) is 9.59 Å². The summed E-state index contributed by atoms with van der Waals surface area (Å²) in [5, 5.41) is 2.51. The summed E-state index contributed by atoms with van der Waals surface area (Å²) in [5.74, 6) is -1.11. The normalized spacial score (nSPS) is 18.1. The van der Waals surface area contributed by atoms with E-state index in [1.807, 2.05) is 0 Å². The lowest BCUT2D eigenvalue weighted by Gasteiger charge is -2.35. The first-order valence-electron chi connectivity index (χ1n) is 7.55. The molecule has 1 unspecified atom stereocenters. The number of anilines is 1. The van der Waals surface area contributed by atoms with Crippen LogP contribution in [0.4, 0.5) is 10.1 Å². The van der Waals surface area contributed by atoms with E-state index in [-0.39, 0.29) is 23.4 Å². The van der Waals surface area contributed by atoms with Gasteiger partial charge >= 0.3 is 0 Å². The number of amides is 2. The van der Waals surface area contributed by atoms with Crippen LogP contribution in [0, 0.1) is 5.82 Å². The monoisotopic (exact) mass is 326 g/mol. The molecule has 120 valence electrons. The Balaban J connectivity index is 1.93. The molecule has 1 aromatic carbocycles. The van der Waals surface area contributed by atoms with Crippen molar-refractivity contribution in [3.8, 4) is 0 Å². The van der Waals surface area contributed by atoms with E-state index < -0.39 is 11.7 Å². The Labute approximate surface area is 134 Å². The number of likely N-dealkylation sites (tertiary alicyclic amines) is 1. The number of rotatable bonds is 4. The van der Waals surface area contributed by atoms with E-state index in [1.165, 1.54) is 18.2 Å². The Morgan fingerprint density at radius 3 is 2.86 bits per heavy atom. The molecule has 2 amide bonds. The van der Waals surface area contributed by atoms with Crippen molar-refractivity contribution in [1.29, 1.82) is 0 Å². The molecule has 22 heavy (non-hydrogen) atoms. The molecular formula is C16H20ClFN2O2. The number of benzene rings is 1. The van der Waals surface area contributed by atoms with Gasteiger partial charge in [0, 0.05) is 18.3 Å². The molecule has 1 aromatic rings. The Bertz CT molecular complexity index is 565. The van der Waals surface area contributed by atoms with Gasteiger partial charge in [-0.25, -0.2) is 4.39 Å². The molecule has 0 spiro atoms. The second-order valence-electron chi connectivity index (χ2n) is 5.50. The van der Waals surface area contributed by atoms with Gasteiger partial charge in [0.05, 0.1) is 5.02 Å². The molecule has 1 aliphatic rings. The van der Waals surface area contributed by atoms with Gasteiger partial charge in [-0.2, -0.15) is 0 Å². The number of hydrogen-bond acceptors (Lipinski definition) is 2. The molecule has 1 atom stereocenters. The topological polar surface area (TPSA) is 49.4 Å². The molecule has 1 N–H and O–H groups in total. The van der Waals surface area contributed by atoms with E-state index >= 15 is 0 Å². The third-order valence-corrected chi connectivity index (χ3v) is 4.22. The molecule has 0 aliphatic carbocycles. The van der Waals surface area contributed by atoms with Gasteiger partial charge in [0.1, 0.15) is 12.2 Å². The molecule has 1 fully saturated rings. The maximum atomic E-state index is 13.1. The Hall–Kier alpha value is -1.62. The summed E-state index contributed by atoms with van der Waals surface area (Å²) in [6.45, 7) is 2.77. The summed E-state index contributed by atoms with van der Waals surface area (Å²) in [5.41, 5.74) is 0.384. The molecule has 1 heterocycles. The first-order chi connectivity index (χ1) is 10.5. The molecule has 6 heteroatoms. The number of nitrogens with one attached hydrogen (secondary N) is 1. The quantitative estimate of drug-likeness (QED) is 0.859. The van der Waals surface area contributed by atoms with E-state index in [1.54, 1.807) is 4.90 Å². The van der Waals surface area contributed by atoms with Crippen LogP contribution in [-0.2, 0) is 9.59 Å². The van der Waals surface area contributed by atoms with Crippen LogP contribution < -0.4 is 5.32 Å². The lowest BCUT2D eigenvalue weighted by molar-refractivity contribution is -0.137. The zero-order valence-corrected chi connectivity index (χ0v) is 13.3. The van der Waals surface area contributed by atoms with Crippen molar-refractivity contribution in [2.45, 2.75) is 45.1 Å². The van der Waals surface area contributed by atoms with Gasteiger partial charge in [0.25, 0.3) is 0 Å². The lowest BCUT2D eigenvalue weighted by Crippen LogP contribution is -2.44. The number of carbonyl (C=O) groups is 2. The highest BCUT2D eigenvalue weighted by Gasteiger charge is 2.26. The Kier molecular flexibility index (Phi) is 5.77. The average molecular weight is 327 g/mol. The Morgan fingerprint density at radius 1 is 1.41 bits per heavy atom. The minimum atomic E-state index is -0.546. The van der Waals surface area contributed by atoms with Crippen LogP contribution in [-0.4, -0.2) is 29.3 Å². The lowest BCUT2D eigenvalue weighted by atomic mass is 9.99. The van der Waals surface area contributed by atoms with Crippen LogP contribution >= 0.6 is 11.6 Å². The van der Waals surface area contributed by atoms with Gasteiger partial charge in [0.15, 0.2) is 0 Å². The van der Waals surface area contributed by atoms with Crippen molar-refractivity contribution in [3.05, 3.63) is 29.0 Å². The summed E-state index contributed by atoms with van der Waals surface area (Å²) >= 11 is 5.66. The van der Waals surface area contributed by atoms with E-state index in [0.717, 1.165) is 25.7 Å². The summed E-state index contributed by atoms with van der Waals surface area (Å²) in [4.78, 5) is 26.0. The molecule has 0 radical (unpaired) electrons. The van der Waals surface area contributed by atoms with Crippen LogP contribution in [0.3, 0.4) is 0 Å². The Morgan fingerprint density at radius 2 is 2.18 bits per heavy atom. The van der Waals surface area contributed by atoms with Gasteiger partial charge in [-0.1, -0.05) is 18.5 Å². The number of piperidine rings is 1. The zero-order valence-electron chi connectivity index (χ0n) is 12.6. The van der Waals surface area contributed by atoms with E-state index in [2.05, 4.69) is 12.2 Å². The van der Waals surface area contributed by atoms with E-state index in [4.69, 9.17) is 11.6 Å². The SMILES string of the molecule is CCC1CCCCN1C(=O)CC(=O)Nc1ccc(F)c(Cl)c1. The highest BCUT2D eigenvalue weighted by molar-refractivity contribution is 6.31. The van der Waals surface area contributed by atoms with Gasteiger partial charge in [0.2, 0.25) is 11.8 Å². The van der Waals surface area contributed by atoms with Crippen molar-refractivity contribution < 1.29 is 14.0 Å². The van der Waals surface area contributed by atoms with Crippen molar-refractivity contribution >= 4 is 29.1 Å². The van der Waals surface area contributed by atoms with Gasteiger partial charge in [-0.15, -0.1) is 0 Å². The summed E-state index contributed by atoms with van der Waals surface area (Å²) in [6.07, 6.45) is 3.81. The van der Waals surface area contributed by atoms with E-state index in [0.29, 0.717) is 12.2 Å². The minimum absolute atomic E-state index is 0.0637. The van der Waals surface area contributed by atoms with Gasteiger partial charge in [-0.05, 0) is 43.9 Å². The van der Waals surface area contributed by atoms with Crippen LogP contribution in [0.1, 0.15) is 39.0 Å². The van der Waals surface area contributed by atoms with Gasteiger partial charge < -0.3 is 10.2 Å².